The first kappa shape index (κ1) is 12.8. The largest absolute Gasteiger partial charge is 0.480 e. The molecule has 0 saturated carbocycles. The summed E-state index contributed by atoms with van der Waals surface area (Å²) in [6, 6.07) is -0.858. The number of carbonyl (C=O) groups is 2. The Balaban J connectivity index is 2.68. The van der Waals surface area contributed by atoms with Crippen LogP contribution in [0.25, 0.3) is 0 Å². The SMILES string of the molecule is CC(C)(C)OC(=O)N1COCCC1C(=O)O. The Labute approximate surface area is 94.1 Å². The molecule has 0 spiro atoms. The Morgan fingerprint density at radius 2 is 2.06 bits per heavy atom. The predicted molar refractivity (Wildman–Crippen MR) is 54.9 cm³/mol. The molecule has 92 valence electrons. The van der Waals surface area contributed by atoms with E-state index in [2.05, 4.69) is 0 Å². The van der Waals surface area contributed by atoms with E-state index in [-0.39, 0.29) is 13.2 Å². The van der Waals surface area contributed by atoms with Crippen molar-refractivity contribution in [1.29, 1.82) is 0 Å². The van der Waals surface area contributed by atoms with Crippen LogP contribution in [0.4, 0.5) is 4.79 Å². The monoisotopic (exact) mass is 231 g/mol. The van der Waals surface area contributed by atoms with Gasteiger partial charge in [-0.05, 0) is 20.8 Å². The molecule has 1 atom stereocenters. The van der Waals surface area contributed by atoms with Crippen LogP contribution in [0, 0.1) is 0 Å². The second-order valence-electron chi connectivity index (χ2n) is 4.63. The third-order valence-electron chi connectivity index (χ3n) is 2.06. The molecule has 0 radical (unpaired) electrons. The van der Waals surface area contributed by atoms with Gasteiger partial charge in [0.25, 0.3) is 0 Å². The molecule has 1 fully saturated rings. The summed E-state index contributed by atoms with van der Waals surface area (Å²) in [6.07, 6.45) is -0.367. The van der Waals surface area contributed by atoms with Crippen molar-refractivity contribution in [1.82, 2.24) is 4.90 Å². The van der Waals surface area contributed by atoms with Gasteiger partial charge in [0.2, 0.25) is 0 Å². The highest BCUT2D eigenvalue weighted by Crippen LogP contribution is 2.16. The minimum absolute atomic E-state index is 0.0358. The number of rotatable bonds is 1. The summed E-state index contributed by atoms with van der Waals surface area (Å²) in [5.74, 6) is -1.03. The number of hydrogen-bond acceptors (Lipinski definition) is 4. The van der Waals surface area contributed by atoms with Crippen molar-refractivity contribution in [2.24, 2.45) is 0 Å². The zero-order valence-electron chi connectivity index (χ0n) is 9.73. The minimum Gasteiger partial charge on any atom is -0.480 e. The average Bonchev–Trinajstić information content (AvgIpc) is 2.15. The Hall–Kier alpha value is -1.30. The second-order valence-corrected chi connectivity index (χ2v) is 4.63. The normalized spacial score (nSPS) is 21.7. The van der Waals surface area contributed by atoms with Crippen LogP contribution in [0.5, 0.6) is 0 Å². The maximum Gasteiger partial charge on any atom is 0.412 e. The maximum atomic E-state index is 11.7. The number of aliphatic carboxylic acids is 1. The highest BCUT2D eigenvalue weighted by atomic mass is 16.6. The molecule has 16 heavy (non-hydrogen) atoms. The van der Waals surface area contributed by atoms with E-state index in [0.717, 1.165) is 4.90 Å². The minimum atomic E-state index is -1.03. The lowest BCUT2D eigenvalue weighted by Gasteiger charge is -2.34. The van der Waals surface area contributed by atoms with E-state index in [0.29, 0.717) is 6.61 Å². The maximum absolute atomic E-state index is 11.7. The zero-order chi connectivity index (χ0) is 12.3. The lowest BCUT2D eigenvalue weighted by atomic mass is 10.2. The van der Waals surface area contributed by atoms with Gasteiger partial charge >= 0.3 is 12.1 Å². The lowest BCUT2D eigenvalue weighted by molar-refractivity contribution is -0.150. The van der Waals surface area contributed by atoms with Crippen molar-refractivity contribution in [3.05, 3.63) is 0 Å². The number of carboxylic acid groups (broad SMARTS) is 1. The molecule has 1 aliphatic heterocycles. The Bertz CT molecular complexity index is 283. The average molecular weight is 231 g/mol. The van der Waals surface area contributed by atoms with Gasteiger partial charge in [-0.3, -0.25) is 4.90 Å². The third kappa shape index (κ3) is 3.37. The molecule has 6 nitrogen and oxygen atoms in total. The predicted octanol–water partition coefficient (Wildman–Crippen LogP) is 1.05. The molecule has 1 N–H and O–H groups in total. The molecule has 1 amide bonds. The number of carbonyl (C=O) groups excluding carboxylic acids is 1. The van der Waals surface area contributed by atoms with E-state index in [9.17, 15) is 9.59 Å². The molecule has 0 aromatic heterocycles. The summed E-state index contributed by atoms with van der Waals surface area (Å²) in [6.45, 7) is 5.49. The summed E-state index contributed by atoms with van der Waals surface area (Å²) in [4.78, 5) is 23.7. The number of nitrogens with zero attached hydrogens (tertiary/aromatic N) is 1. The molecule has 1 rings (SSSR count). The van der Waals surface area contributed by atoms with Crippen molar-refractivity contribution in [2.75, 3.05) is 13.3 Å². The van der Waals surface area contributed by atoms with Crippen molar-refractivity contribution in [3.8, 4) is 0 Å². The van der Waals surface area contributed by atoms with Crippen LogP contribution in [0.1, 0.15) is 27.2 Å². The molecule has 1 aliphatic rings. The fourth-order valence-electron chi connectivity index (χ4n) is 1.36. The van der Waals surface area contributed by atoms with E-state index >= 15 is 0 Å². The van der Waals surface area contributed by atoms with Crippen molar-refractivity contribution in [2.45, 2.75) is 38.8 Å². The molecule has 0 bridgehead atoms. The molecule has 0 aliphatic carbocycles. The van der Waals surface area contributed by atoms with Gasteiger partial charge in [0.05, 0.1) is 6.61 Å². The first-order valence-electron chi connectivity index (χ1n) is 5.11. The van der Waals surface area contributed by atoms with Gasteiger partial charge < -0.3 is 14.6 Å². The van der Waals surface area contributed by atoms with Crippen LogP contribution in [0.15, 0.2) is 0 Å². The molecule has 0 aromatic rings. The number of amides is 1. The number of hydrogen-bond donors (Lipinski definition) is 1. The molecular weight excluding hydrogens is 214 g/mol. The van der Waals surface area contributed by atoms with E-state index < -0.39 is 23.7 Å². The standard InChI is InChI=1S/C10H17NO5/c1-10(2,3)16-9(14)11-6-15-5-4-7(11)8(12)13/h7H,4-6H2,1-3H3,(H,12,13). The molecule has 1 saturated heterocycles. The van der Waals surface area contributed by atoms with Crippen LogP contribution in [0.3, 0.4) is 0 Å². The lowest BCUT2D eigenvalue weighted by Crippen LogP contribution is -2.51. The fraction of sp³-hybridized carbons (Fsp3) is 0.800. The van der Waals surface area contributed by atoms with Gasteiger partial charge in [-0.15, -0.1) is 0 Å². The van der Waals surface area contributed by atoms with Crippen molar-refractivity contribution in [3.63, 3.8) is 0 Å². The summed E-state index contributed by atoms with van der Waals surface area (Å²) < 4.78 is 10.2. The zero-order valence-corrected chi connectivity index (χ0v) is 9.73. The summed E-state index contributed by atoms with van der Waals surface area (Å²) >= 11 is 0. The Kier molecular flexibility index (Phi) is 3.74. The van der Waals surface area contributed by atoms with Crippen molar-refractivity contribution >= 4 is 12.1 Å². The Morgan fingerprint density at radius 3 is 2.56 bits per heavy atom. The molecule has 1 heterocycles. The van der Waals surface area contributed by atoms with Crippen LogP contribution < -0.4 is 0 Å². The highest BCUT2D eigenvalue weighted by molar-refractivity contribution is 5.80. The van der Waals surface area contributed by atoms with E-state index in [1.807, 2.05) is 0 Å². The first-order chi connectivity index (χ1) is 7.31. The molecular formula is C10H17NO5. The van der Waals surface area contributed by atoms with Crippen molar-refractivity contribution < 1.29 is 24.2 Å². The van der Waals surface area contributed by atoms with Crippen LogP contribution in [-0.4, -0.2) is 47.0 Å². The third-order valence-corrected chi connectivity index (χ3v) is 2.06. The first-order valence-corrected chi connectivity index (χ1v) is 5.11. The highest BCUT2D eigenvalue weighted by Gasteiger charge is 2.35. The van der Waals surface area contributed by atoms with Gasteiger partial charge in [-0.1, -0.05) is 0 Å². The molecule has 1 unspecified atom stereocenters. The quantitative estimate of drug-likeness (QED) is 0.730. The fourth-order valence-corrected chi connectivity index (χ4v) is 1.36. The van der Waals surface area contributed by atoms with Gasteiger partial charge in [0.1, 0.15) is 18.4 Å². The number of ether oxygens (including phenoxy) is 2. The van der Waals surface area contributed by atoms with E-state index in [1.165, 1.54) is 0 Å². The number of carboxylic acids is 1. The van der Waals surface area contributed by atoms with E-state index in [4.69, 9.17) is 14.6 Å². The topological polar surface area (TPSA) is 76.1 Å². The molecule has 0 aromatic carbocycles. The summed E-state index contributed by atoms with van der Waals surface area (Å²) in [5.41, 5.74) is -0.641. The van der Waals surface area contributed by atoms with E-state index in [1.54, 1.807) is 20.8 Å². The summed E-state index contributed by atoms with van der Waals surface area (Å²) in [7, 11) is 0. The smallest absolute Gasteiger partial charge is 0.412 e. The van der Waals surface area contributed by atoms with Gasteiger partial charge in [-0.25, -0.2) is 9.59 Å². The van der Waals surface area contributed by atoms with Gasteiger partial charge in [0, 0.05) is 6.42 Å². The van der Waals surface area contributed by atoms with Gasteiger partial charge in [0.15, 0.2) is 0 Å². The molecule has 6 heteroatoms. The summed E-state index contributed by atoms with van der Waals surface area (Å²) in [5, 5.41) is 8.95. The second kappa shape index (κ2) is 4.69. The van der Waals surface area contributed by atoms with Crippen LogP contribution in [-0.2, 0) is 14.3 Å². The van der Waals surface area contributed by atoms with Gasteiger partial charge in [-0.2, -0.15) is 0 Å². The Morgan fingerprint density at radius 1 is 1.44 bits per heavy atom. The van der Waals surface area contributed by atoms with Crippen LogP contribution in [0.2, 0.25) is 0 Å². The van der Waals surface area contributed by atoms with Crippen LogP contribution >= 0.6 is 0 Å².